The number of rotatable bonds is 10. The van der Waals surface area contributed by atoms with Crippen LogP contribution in [0.2, 0.25) is 0 Å². The summed E-state index contributed by atoms with van der Waals surface area (Å²) in [5, 5.41) is 4.04. The molecule has 0 saturated carbocycles. The molecule has 6 nitrogen and oxygen atoms in total. The lowest BCUT2D eigenvalue weighted by Gasteiger charge is -2.38. The van der Waals surface area contributed by atoms with Crippen molar-refractivity contribution in [2.24, 2.45) is 5.16 Å². The maximum atomic E-state index is 12.6. The number of oxime groups is 1. The number of carbonyl (C=O) groups excluding carboxylic acids is 1. The molecule has 1 aliphatic rings. The fourth-order valence-corrected chi connectivity index (χ4v) is 4.49. The number of carbonyl (C=O) groups is 1. The van der Waals surface area contributed by atoms with Gasteiger partial charge in [-0.05, 0) is 62.4 Å². The minimum absolute atomic E-state index is 0.0246. The van der Waals surface area contributed by atoms with Gasteiger partial charge in [-0.25, -0.2) is 0 Å². The Morgan fingerprint density at radius 1 is 0.861 bits per heavy atom. The van der Waals surface area contributed by atoms with E-state index < -0.39 is 0 Å². The Labute approximate surface area is 213 Å². The topological polar surface area (TPSA) is 60.4 Å². The van der Waals surface area contributed by atoms with Gasteiger partial charge in [-0.3, -0.25) is 4.79 Å². The summed E-state index contributed by atoms with van der Waals surface area (Å²) in [7, 11) is 0. The molecule has 0 aliphatic carbocycles. The Morgan fingerprint density at radius 3 is 2.06 bits per heavy atom. The summed E-state index contributed by atoms with van der Waals surface area (Å²) in [6, 6.07) is 26.1. The highest BCUT2D eigenvalue weighted by Gasteiger charge is 2.28. The SMILES string of the molecule is CC1CCCC(C)N1C(=O)CO/N=C/c1ccc(OCc2ccccc2)c(OCc2ccccc2)c1. The summed E-state index contributed by atoms with van der Waals surface area (Å²) in [4.78, 5) is 19.9. The third-order valence-corrected chi connectivity index (χ3v) is 6.39. The molecular weight excluding hydrogens is 452 g/mol. The van der Waals surface area contributed by atoms with E-state index in [9.17, 15) is 4.79 Å². The van der Waals surface area contributed by atoms with Crippen LogP contribution < -0.4 is 9.47 Å². The molecule has 0 bridgehead atoms. The second-order valence-electron chi connectivity index (χ2n) is 9.19. The van der Waals surface area contributed by atoms with E-state index in [4.69, 9.17) is 14.3 Å². The van der Waals surface area contributed by atoms with Crippen molar-refractivity contribution in [2.45, 2.75) is 58.4 Å². The molecule has 0 spiro atoms. The zero-order valence-electron chi connectivity index (χ0n) is 21.0. The first-order valence-corrected chi connectivity index (χ1v) is 12.5. The zero-order chi connectivity index (χ0) is 25.2. The number of likely N-dealkylation sites (tertiary alicyclic amines) is 1. The molecular formula is C30H34N2O4. The summed E-state index contributed by atoms with van der Waals surface area (Å²) in [5.74, 6) is 1.24. The lowest BCUT2D eigenvalue weighted by molar-refractivity contribution is -0.142. The molecule has 2 unspecified atom stereocenters. The first-order valence-electron chi connectivity index (χ1n) is 12.5. The summed E-state index contributed by atoms with van der Waals surface area (Å²) in [6.45, 7) is 4.97. The summed E-state index contributed by atoms with van der Waals surface area (Å²) in [5.41, 5.74) is 2.93. The standard InChI is InChI=1S/C30H34N2O4/c1-23-10-9-11-24(2)32(23)30(33)22-36-31-19-27-16-17-28(34-20-25-12-5-3-6-13-25)29(18-27)35-21-26-14-7-4-8-15-26/h3-8,12-19,23-24H,9-11,20-22H2,1-2H3/b31-19+. The van der Waals surface area contributed by atoms with E-state index in [1.54, 1.807) is 6.21 Å². The van der Waals surface area contributed by atoms with Crippen molar-refractivity contribution in [3.05, 3.63) is 95.6 Å². The summed E-state index contributed by atoms with van der Waals surface area (Å²) >= 11 is 0. The van der Waals surface area contributed by atoms with E-state index in [-0.39, 0.29) is 24.6 Å². The van der Waals surface area contributed by atoms with Crippen molar-refractivity contribution >= 4 is 12.1 Å². The van der Waals surface area contributed by atoms with Crippen LogP contribution in [-0.4, -0.2) is 35.7 Å². The van der Waals surface area contributed by atoms with E-state index in [0.29, 0.717) is 24.7 Å². The molecule has 36 heavy (non-hydrogen) atoms. The van der Waals surface area contributed by atoms with Gasteiger partial charge >= 0.3 is 0 Å². The van der Waals surface area contributed by atoms with Gasteiger partial charge < -0.3 is 19.2 Å². The molecule has 4 rings (SSSR count). The third-order valence-electron chi connectivity index (χ3n) is 6.39. The predicted octanol–water partition coefficient (Wildman–Crippen LogP) is 5.98. The van der Waals surface area contributed by atoms with E-state index in [0.717, 1.165) is 36.0 Å². The lowest BCUT2D eigenvalue weighted by Crippen LogP contribution is -2.48. The molecule has 0 aromatic heterocycles. The van der Waals surface area contributed by atoms with E-state index in [2.05, 4.69) is 19.0 Å². The van der Waals surface area contributed by atoms with Crippen LogP contribution in [0, 0.1) is 0 Å². The van der Waals surface area contributed by atoms with E-state index in [1.807, 2.05) is 83.8 Å². The minimum Gasteiger partial charge on any atom is -0.485 e. The first kappa shape index (κ1) is 25.3. The van der Waals surface area contributed by atoms with E-state index in [1.165, 1.54) is 0 Å². The molecule has 3 aromatic carbocycles. The van der Waals surface area contributed by atoms with Crippen molar-refractivity contribution in [1.82, 2.24) is 4.90 Å². The Morgan fingerprint density at radius 2 is 1.44 bits per heavy atom. The maximum Gasteiger partial charge on any atom is 0.263 e. The number of piperidine rings is 1. The number of nitrogens with zero attached hydrogens (tertiary/aromatic N) is 2. The summed E-state index contributed by atoms with van der Waals surface area (Å²) in [6.07, 6.45) is 4.81. The van der Waals surface area contributed by atoms with Crippen molar-refractivity contribution in [3.63, 3.8) is 0 Å². The van der Waals surface area contributed by atoms with Crippen LogP contribution in [0.4, 0.5) is 0 Å². The number of benzene rings is 3. The van der Waals surface area contributed by atoms with Gasteiger partial charge in [0.25, 0.3) is 5.91 Å². The maximum absolute atomic E-state index is 12.6. The van der Waals surface area contributed by atoms with Gasteiger partial charge in [0.15, 0.2) is 18.1 Å². The Bertz CT molecular complexity index is 1120. The molecule has 6 heteroatoms. The van der Waals surface area contributed by atoms with Crippen LogP contribution in [0.5, 0.6) is 11.5 Å². The molecule has 1 fully saturated rings. The van der Waals surface area contributed by atoms with Gasteiger partial charge in [-0.1, -0.05) is 65.8 Å². The van der Waals surface area contributed by atoms with Crippen LogP contribution in [0.15, 0.2) is 84.0 Å². The molecule has 1 heterocycles. The van der Waals surface area contributed by atoms with Crippen molar-refractivity contribution in [2.75, 3.05) is 6.61 Å². The molecule has 1 aliphatic heterocycles. The number of amides is 1. The Hall–Kier alpha value is -3.80. The number of hydrogen-bond acceptors (Lipinski definition) is 5. The molecule has 3 aromatic rings. The van der Waals surface area contributed by atoms with Gasteiger partial charge in [0, 0.05) is 17.6 Å². The average molecular weight is 487 g/mol. The zero-order valence-corrected chi connectivity index (χ0v) is 21.0. The Balaban J connectivity index is 1.39. The van der Waals surface area contributed by atoms with Gasteiger partial charge in [0.05, 0.1) is 6.21 Å². The lowest BCUT2D eigenvalue weighted by atomic mass is 9.97. The Kier molecular flexibility index (Phi) is 8.98. The second kappa shape index (κ2) is 12.8. The number of ether oxygens (including phenoxy) is 2. The fraction of sp³-hybridized carbons (Fsp3) is 0.333. The molecule has 0 N–H and O–H groups in total. The molecule has 1 amide bonds. The quantitative estimate of drug-likeness (QED) is 0.261. The smallest absolute Gasteiger partial charge is 0.263 e. The highest BCUT2D eigenvalue weighted by molar-refractivity contribution is 5.81. The predicted molar refractivity (Wildman–Crippen MR) is 141 cm³/mol. The van der Waals surface area contributed by atoms with Crippen LogP contribution in [0.25, 0.3) is 0 Å². The largest absolute Gasteiger partial charge is 0.485 e. The molecule has 1 saturated heterocycles. The molecule has 0 radical (unpaired) electrons. The number of hydrogen-bond donors (Lipinski definition) is 0. The van der Waals surface area contributed by atoms with Crippen LogP contribution in [0.3, 0.4) is 0 Å². The molecule has 2 atom stereocenters. The second-order valence-corrected chi connectivity index (χ2v) is 9.19. The van der Waals surface area contributed by atoms with E-state index >= 15 is 0 Å². The monoisotopic (exact) mass is 486 g/mol. The minimum atomic E-state index is -0.0686. The van der Waals surface area contributed by atoms with Gasteiger partial charge in [-0.2, -0.15) is 0 Å². The highest BCUT2D eigenvalue weighted by atomic mass is 16.6. The van der Waals surface area contributed by atoms with Crippen LogP contribution in [0.1, 0.15) is 49.8 Å². The van der Waals surface area contributed by atoms with Crippen molar-refractivity contribution in [3.8, 4) is 11.5 Å². The van der Waals surface area contributed by atoms with Gasteiger partial charge in [-0.15, -0.1) is 0 Å². The van der Waals surface area contributed by atoms with Crippen molar-refractivity contribution in [1.29, 1.82) is 0 Å². The average Bonchev–Trinajstić information content (AvgIpc) is 2.90. The normalized spacial score (nSPS) is 17.7. The highest BCUT2D eigenvalue weighted by Crippen LogP contribution is 2.30. The molecule has 188 valence electrons. The van der Waals surface area contributed by atoms with Crippen molar-refractivity contribution < 1.29 is 19.1 Å². The van der Waals surface area contributed by atoms with Crippen LogP contribution in [-0.2, 0) is 22.8 Å². The third kappa shape index (κ3) is 7.11. The van der Waals surface area contributed by atoms with Gasteiger partial charge in [0.2, 0.25) is 0 Å². The first-order chi connectivity index (χ1) is 17.6. The van der Waals surface area contributed by atoms with Gasteiger partial charge in [0.1, 0.15) is 13.2 Å². The summed E-state index contributed by atoms with van der Waals surface area (Å²) < 4.78 is 12.2. The fourth-order valence-electron chi connectivity index (χ4n) is 4.49. The van der Waals surface area contributed by atoms with Crippen LogP contribution >= 0.6 is 0 Å².